The number of halogens is 3. The Balaban J connectivity index is 2.01. The summed E-state index contributed by atoms with van der Waals surface area (Å²) in [5.41, 5.74) is -0.935. The molecule has 2 amide bonds. The minimum Gasteiger partial charge on any atom is -0.324 e. The van der Waals surface area contributed by atoms with Crippen LogP contribution < -0.4 is 10.6 Å². The number of nitrogens with one attached hydrogen (secondary N) is 2. The molecule has 0 radical (unpaired) electrons. The average molecular weight is 438 g/mol. The van der Waals surface area contributed by atoms with Crippen LogP contribution in [0.4, 0.5) is 30.2 Å². The van der Waals surface area contributed by atoms with Crippen LogP contribution in [0.2, 0.25) is 0 Å². The van der Waals surface area contributed by atoms with Crippen LogP contribution in [0, 0.1) is 17.0 Å². The molecule has 8 nitrogen and oxygen atoms in total. The number of carbonyl (C=O) groups excluding carboxylic acids is 2. The fraction of sp³-hybridized carbons (Fsp3) is 0.300. The number of amides is 2. The van der Waals surface area contributed by atoms with Crippen molar-refractivity contribution in [2.45, 2.75) is 20.0 Å². The van der Waals surface area contributed by atoms with E-state index in [0.29, 0.717) is 0 Å². The van der Waals surface area contributed by atoms with Gasteiger partial charge in [0.25, 0.3) is 5.69 Å². The third kappa shape index (κ3) is 6.51. The zero-order valence-electron chi connectivity index (χ0n) is 16.8. The fourth-order valence-corrected chi connectivity index (χ4v) is 2.86. The number of nitrogens with zero attached hydrogens (tertiary/aromatic N) is 2. The third-order valence-electron chi connectivity index (χ3n) is 4.46. The van der Waals surface area contributed by atoms with Crippen LogP contribution in [-0.2, 0) is 15.8 Å². The van der Waals surface area contributed by atoms with E-state index in [1.165, 1.54) is 42.2 Å². The Bertz CT molecular complexity index is 979. The van der Waals surface area contributed by atoms with Gasteiger partial charge in [-0.1, -0.05) is 25.1 Å². The lowest BCUT2D eigenvalue weighted by molar-refractivity contribution is -0.385. The van der Waals surface area contributed by atoms with Crippen molar-refractivity contribution in [2.75, 3.05) is 30.3 Å². The van der Waals surface area contributed by atoms with Gasteiger partial charge in [0.05, 0.1) is 40.5 Å². The second-order valence-corrected chi connectivity index (χ2v) is 6.65. The van der Waals surface area contributed by atoms with Gasteiger partial charge in [0, 0.05) is 6.07 Å². The number of alkyl halides is 3. The lowest BCUT2D eigenvalue weighted by Gasteiger charge is -2.20. The maximum absolute atomic E-state index is 13.1. The molecule has 0 saturated heterocycles. The molecule has 0 aromatic heterocycles. The van der Waals surface area contributed by atoms with Crippen LogP contribution in [0.25, 0.3) is 0 Å². The van der Waals surface area contributed by atoms with Crippen molar-refractivity contribution in [2.24, 2.45) is 0 Å². The van der Waals surface area contributed by atoms with Crippen LogP contribution in [-0.4, -0.2) is 41.3 Å². The summed E-state index contributed by atoms with van der Waals surface area (Å²) in [6, 6.07) is 8.86. The topological polar surface area (TPSA) is 105 Å². The van der Waals surface area contributed by atoms with Gasteiger partial charge in [-0.2, -0.15) is 13.2 Å². The quantitative estimate of drug-likeness (QED) is 0.482. The lowest BCUT2D eigenvalue weighted by Crippen LogP contribution is -2.39. The number of carbonyl (C=O) groups is 2. The van der Waals surface area contributed by atoms with E-state index in [-0.39, 0.29) is 42.3 Å². The number of anilines is 2. The Morgan fingerprint density at radius 3 is 2.10 bits per heavy atom. The normalized spacial score (nSPS) is 11.3. The molecule has 11 heteroatoms. The first-order valence-corrected chi connectivity index (χ1v) is 9.25. The maximum atomic E-state index is 13.1. The summed E-state index contributed by atoms with van der Waals surface area (Å²) in [4.78, 5) is 36.5. The van der Waals surface area contributed by atoms with Crippen LogP contribution in [0.3, 0.4) is 0 Å². The Morgan fingerprint density at radius 1 is 1.00 bits per heavy atom. The van der Waals surface area contributed by atoms with Gasteiger partial charge in [0.2, 0.25) is 11.8 Å². The molecule has 0 atom stereocenters. The molecule has 0 saturated carbocycles. The molecule has 2 N–H and O–H groups in total. The second-order valence-electron chi connectivity index (χ2n) is 6.65. The fourth-order valence-electron chi connectivity index (χ4n) is 2.86. The molecule has 0 spiro atoms. The summed E-state index contributed by atoms with van der Waals surface area (Å²) >= 11 is 0. The Labute approximate surface area is 176 Å². The zero-order chi connectivity index (χ0) is 23.2. The van der Waals surface area contributed by atoms with Gasteiger partial charge in [-0.15, -0.1) is 0 Å². The van der Waals surface area contributed by atoms with Crippen molar-refractivity contribution < 1.29 is 27.7 Å². The summed E-state index contributed by atoms with van der Waals surface area (Å²) in [6.45, 7) is 2.91. The summed E-state index contributed by atoms with van der Waals surface area (Å²) in [5, 5.41) is 15.8. The highest BCUT2D eigenvalue weighted by Crippen LogP contribution is 2.34. The van der Waals surface area contributed by atoms with Gasteiger partial charge in [-0.05, 0) is 31.7 Å². The molecular weight excluding hydrogens is 417 g/mol. The van der Waals surface area contributed by atoms with E-state index in [2.05, 4.69) is 10.6 Å². The molecule has 2 aromatic carbocycles. The van der Waals surface area contributed by atoms with Crippen molar-refractivity contribution in [1.82, 2.24) is 4.90 Å². The molecule has 0 fully saturated rings. The minimum absolute atomic E-state index is 0.146. The molecule has 0 heterocycles. The number of para-hydroxylation sites is 1. The highest BCUT2D eigenvalue weighted by atomic mass is 19.4. The number of hydrogen-bond acceptors (Lipinski definition) is 5. The SMILES string of the molecule is CCN(CC(=O)Nc1ccccc1C(F)(F)F)CC(=O)Nc1cccc([N+](=O)[O-])c1C. The monoisotopic (exact) mass is 438 g/mol. The van der Waals surface area contributed by atoms with Crippen molar-refractivity contribution in [3.8, 4) is 0 Å². The van der Waals surface area contributed by atoms with Crippen molar-refractivity contribution in [1.29, 1.82) is 0 Å². The smallest absolute Gasteiger partial charge is 0.324 e. The van der Waals surface area contributed by atoms with Crippen molar-refractivity contribution >= 4 is 28.9 Å². The van der Waals surface area contributed by atoms with Crippen LogP contribution >= 0.6 is 0 Å². The lowest BCUT2D eigenvalue weighted by atomic mass is 10.1. The Morgan fingerprint density at radius 2 is 1.55 bits per heavy atom. The van der Waals surface area contributed by atoms with E-state index in [4.69, 9.17) is 0 Å². The maximum Gasteiger partial charge on any atom is 0.418 e. The first-order chi connectivity index (χ1) is 14.5. The van der Waals surface area contributed by atoms with Gasteiger partial charge in [0.15, 0.2) is 0 Å². The Hall–Kier alpha value is -3.47. The molecule has 0 bridgehead atoms. The van der Waals surface area contributed by atoms with Gasteiger partial charge in [-0.25, -0.2) is 0 Å². The number of likely N-dealkylation sites (N-methyl/N-ethyl adjacent to an activating group) is 1. The molecule has 166 valence electrons. The van der Waals surface area contributed by atoms with E-state index < -0.39 is 28.5 Å². The molecule has 0 aliphatic carbocycles. The molecule has 2 rings (SSSR count). The zero-order valence-corrected chi connectivity index (χ0v) is 16.8. The molecule has 0 unspecified atom stereocenters. The first-order valence-electron chi connectivity index (χ1n) is 9.25. The molecular formula is C20H21F3N4O4. The number of nitro groups is 1. The second kappa shape index (κ2) is 10.0. The van der Waals surface area contributed by atoms with Crippen molar-refractivity contribution in [3.05, 3.63) is 63.7 Å². The van der Waals surface area contributed by atoms with Crippen molar-refractivity contribution in [3.63, 3.8) is 0 Å². The molecule has 0 aliphatic rings. The highest BCUT2D eigenvalue weighted by molar-refractivity contribution is 5.95. The molecule has 31 heavy (non-hydrogen) atoms. The summed E-state index contributed by atoms with van der Waals surface area (Å²) < 4.78 is 39.2. The predicted octanol–water partition coefficient (Wildman–Crippen LogP) is 3.82. The summed E-state index contributed by atoms with van der Waals surface area (Å²) in [5.74, 6) is -1.23. The number of rotatable bonds is 8. The van der Waals surface area contributed by atoms with Gasteiger partial charge < -0.3 is 10.6 Å². The van der Waals surface area contributed by atoms with E-state index >= 15 is 0 Å². The third-order valence-corrected chi connectivity index (χ3v) is 4.46. The van der Waals surface area contributed by atoms with Crippen LogP contribution in [0.1, 0.15) is 18.1 Å². The van der Waals surface area contributed by atoms with Gasteiger partial charge in [-0.3, -0.25) is 24.6 Å². The van der Waals surface area contributed by atoms with E-state index in [1.54, 1.807) is 6.92 Å². The number of hydrogen-bond donors (Lipinski definition) is 2. The van der Waals surface area contributed by atoms with E-state index in [9.17, 15) is 32.9 Å². The largest absolute Gasteiger partial charge is 0.418 e. The standard InChI is InChI=1S/C20H21F3N4O4/c1-3-26(11-18(28)24-15-9-6-10-17(13(15)2)27(30)31)12-19(29)25-16-8-5-4-7-14(16)20(21,22)23/h4-10H,3,11-12H2,1-2H3,(H,24,28)(H,25,29). The highest BCUT2D eigenvalue weighted by Gasteiger charge is 2.33. The average Bonchev–Trinajstić information content (AvgIpc) is 2.68. The van der Waals surface area contributed by atoms with E-state index in [0.717, 1.165) is 12.1 Å². The first kappa shape index (κ1) is 23.8. The summed E-state index contributed by atoms with van der Waals surface area (Å²) in [7, 11) is 0. The number of benzene rings is 2. The number of nitro benzene ring substituents is 1. The van der Waals surface area contributed by atoms with Gasteiger partial charge in [0.1, 0.15) is 0 Å². The Kier molecular flexibility index (Phi) is 7.70. The van der Waals surface area contributed by atoms with E-state index in [1.807, 2.05) is 0 Å². The van der Waals surface area contributed by atoms with Crippen LogP contribution in [0.5, 0.6) is 0 Å². The predicted molar refractivity (Wildman–Crippen MR) is 109 cm³/mol. The molecule has 0 aliphatic heterocycles. The van der Waals surface area contributed by atoms with Crippen LogP contribution in [0.15, 0.2) is 42.5 Å². The van der Waals surface area contributed by atoms with Gasteiger partial charge >= 0.3 is 6.18 Å². The summed E-state index contributed by atoms with van der Waals surface area (Å²) in [6.07, 6.45) is -4.62. The minimum atomic E-state index is -4.62. The molecule has 2 aromatic rings.